The average molecular weight is 222 g/mol. The Bertz CT molecular complexity index is 415. The summed E-state index contributed by atoms with van der Waals surface area (Å²) in [6.07, 6.45) is 0. The summed E-state index contributed by atoms with van der Waals surface area (Å²) in [5.41, 5.74) is 0.667. The quantitative estimate of drug-likeness (QED) is 0.815. The van der Waals surface area contributed by atoms with E-state index in [0.29, 0.717) is 5.56 Å². The maximum atomic E-state index is 13.7. The molecule has 1 saturated heterocycles. The summed E-state index contributed by atoms with van der Waals surface area (Å²) in [7, 11) is 1.72. The molecule has 0 saturated carbocycles. The van der Waals surface area contributed by atoms with Crippen LogP contribution in [0.25, 0.3) is 0 Å². The Morgan fingerprint density at radius 3 is 2.75 bits per heavy atom. The molecule has 0 aromatic heterocycles. The largest absolute Gasteiger partial charge is 0.336 e. The Morgan fingerprint density at radius 1 is 1.50 bits per heavy atom. The monoisotopic (exact) mass is 222 g/mol. The first kappa shape index (κ1) is 11.1. The van der Waals surface area contributed by atoms with Gasteiger partial charge in [0.2, 0.25) is 0 Å². The second-order valence-corrected chi connectivity index (χ2v) is 4.16. The fraction of sp³-hybridized carbons (Fsp3) is 0.417. The molecule has 0 bridgehead atoms. The summed E-state index contributed by atoms with van der Waals surface area (Å²) in [6, 6.07) is 5.09. The summed E-state index contributed by atoms with van der Waals surface area (Å²) in [5, 5.41) is 3.09. The molecule has 0 aliphatic carbocycles. The van der Waals surface area contributed by atoms with Gasteiger partial charge in [0, 0.05) is 20.1 Å². The van der Waals surface area contributed by atoms with Crippen molar-refractivity contribution in [2.45, 2.75) is 13.0 Å². The highest BCUT2D eigenvalue weighted by Crippen LogP contribution is 2.15. The van der Waals surface area contributed by atoms with Gasteiger partial charge in [-0.15, -0.1) is 0 Å². The normalized spacial score (nSPS) is 15.7. The first-order valence-corrected chi connectivity index (χ1v) is 5.34. The lowest BCUT2D eigenvalue weighted by atomic mass is 10.1. The molecular weight excluding hydrogens is 207 g/mol. The lowest BCUT2D eigenvalue weighted by Crippen LogP contribution is -2.57. The first-order valence-electron chi connectivity index (χ1n) is 5.34. The van der Waals surface area contributed by atoms with Crippen LogP contribution in [-0.4, -0.2) is 37.0 Å². The topological polar surface area (TPSA) is 32.3 Å². The van der Waals surface area contributed by atoms with Gasteiger partial charge >= 0.3 is 0 Å². The highest BCUT2D eigenvalue weighted by Gasteiger charge is 2.27. The van der Waals surface area contributed by atoms with Gasteiger partial charge in [-0.3, -0.25) is 4.79 Å². The number of nitrogens with zero attached hydrogens (tertiary/aromatic N) is 1. The van der Waals surface area contributed by atoms with Crippen molar-refractivity contribution in [2.24, 2.45) is 0 Å². The molecule has 1 aliphatic heterocycles. The zero-order chi connectivity index (χ0) is 11.7. The van der Waals surface area contributed by atoms with Crippen molar-refractivity contribution in [1.82, 2.24) is 10.2 Å². The number of halogens is 1. The second-order valence-electron chi connectivity index (χ2n) is 4.16. The molecule has 1 aliphatic rings. The number of amides is 1. The Morgan fingerprint density at radius 2 is 2.19 bits per heavy atom. The van der Waals surface area contributed by atoms with E-state index in [0.717, 1.165) is 13.1 Å². The van der Waals surface area contributed by atoms with Crippen LogP contribution in [0.15, 0.2) is 18.2 Å². The van der Waals surface area contributed by atoms with Crippen molar-refractivity contribution in [3.8, 4) is 0 Å². The van der Waals surface area contributed by atoms with E-state index in [-0.39, 0.29) is 17.5 Å². The Labute approximate surface area is 94.3 Å². The van der Waals surface area contributed by atoms with Crippen LogP contribution >= 0.6 is 0 Å². The second kappa shape index (κ2) is 4.22. The molecule has 0 spiro atoms. The third kappa shape index (κ3) is 1.80. The van der Waals surface area contributed by atoms with Crippen LogP contribution in [0, 0.1) is 12.7 Å². The van der Waals surface area contributed by atoms with Crippen molar-refractivity contribution in [2.75, 3.05) is 20.1 Å². The number of carbonyl (C=O) groups excluding carboxylic acids is 1. The van der Waals surface area contributed by atoms with Gasteiger partial charge in [-0.25, -0.2) is 4.39 Å². The standard InChI is InChI=1S/C12H15FN2O/c1-8-4-3-5-10(11(8)13)12(16)15(2)9-6-14-7-9/h3-5,9,14H,6-7H2,1-2H3. The summed E-state index contributed by atoms with van der Waals surface area (Å²) >= 11 is 0. The fourth-order valence-electron chi connectivity index (χ4n) is 1.72. The minimum Gasteiger partial charge on any atom is -0.336 e. The predicted octanol–water partition coefficient (Wildman–Crippen LogP) is 1.18. The molecular formula is C12H15FN2O. The van der Waals surface area contributed by atoms with Crippen LogP contribution in [-0.2, 0) is 0 Å². The summed E-state index contributed by atoms with van der Waals surface area (Å²) in [4.78, 5) is 13.6. The van der Waals surface area contributed by atoms with E-state index in [9.17, 15) is 9.18 Å². The highest BCUT2D eigenvalue weighted by molar-refractivity contribution is 5.94. The van der Waals surface area contributed by atoms with Gasteiger partial charge in [0.05, 0.1) is 11.6 Å². The van der Waals surface area contributed by atoms with E-state index in [1.165, 1.54) is 6.07 Å². The molecule has 1 aromatic carbocycles. The molecule has 3 nitrogen and oxygen atoms in total. The number of carbonyl (C=O) groups is 1. The lowest BCUT2D eigenvalue weighted by molar-refractivity contribution is 0.0676. The molecule has 4 heteroatoms. The molecule has 16 heavy (non-hydrogen) atoms. The number of nitrogens with one attached hydrogen (secondary N) is 1. The third-order valence-electron chi connectivity index (χ3n) is 3.05. The summed E-state index contributed by atoms with van der Waals surface area (Å²) < 4.78 is 13.7. The molecule has 1 heterocycles. The van der Waals surface area contributed by atoms with E-state index in [1.807, 2.05) is 0 Å². The lowest BCUT2D eigenvalue weighted by Gasteiger charge is -2.35. The van der Waals surface area contributed by atoms with Gasteiger partial charge in [-0.05, 0) is 18.6 Å². The third-order valence-corrected chi connectivity index (χ3v) is 3.05. The molecule has 0 atom stereocenters. The number of hydrogen-bond acceptors (Lipinski definition) is 2. The van der Waals surface area contributed by atoms with Gasteiger partial charge in [0.15, 0.2) is 0 Å². The van der Waals surface area contributed by atoms with Crippen molar-refractivity contribution in [1.29, 1.82) is 0 Å². The van der Waals surface area contributed by atoms with Crippen LogP contribution in [0.2, 0.25) is 0 Å². The minimum absolute atomic E-state index is 0.161. The molecule has 1 fully saturated rings. The number of benzene rings is 1. The molecule has 2 rings (SSSR count). The van der Waals surface area contributed by atoms with Crippen molar-refractivity contribution in [3.63, 3.8) is 0 Å². The van der Waals surface area contributed by atoms with Crippen molar-refractivity contribution >= 4 is 5.91 Å². The Kier molecular flexibility index (Phi) is 2.92. The number of likely N-dealkylation sites (N-methyl/N-ethyl adjacent to an activating group) is 1. The predicted molar refractivity (Wildman–Crippen MR) is 59.9 cm³/mol. The van der Waals surface area contributed by atoms with Crippen LogP contribution in [0.3, 0.4) is 0 Å². The van der Waals surface area contributed by atoms with Gasteiger partial charge in [-0.1, -0.05) is 12.1 Å². The zero-order valence-electron chi connectivity index (χ0n) is 9.46. The molecule has 0 radical (unpaired) electrons. The molecule has 1 amide bonds. The summed E-state index contributed by atoms with van der Waals surface area (Å²) in [6.45, 7) is 3.24. The maximum Gasteiger partial charge on any atom is 0.256 e. The number of hydrogen-bond donors (Lipinski definition) is 1. The number of aryl methyl sites for hydroxylation is 1. The highest BCUT2D eigenvalue weighted by atomic mass is 19.1. The Balaban J connectivity index is 2.22. The SMILES string of the molecule is Cc1cccc(C(=O)N(C)C2CNC2)c1F. The fourth-order valence-corrected chi connectivity index (χ4v) is 1.72. The van der Waals surface area contributed by atoms with Crippen LogP contribution in [0.4, 0.5) is 4.39 Å². The minimum atomic E-state index is -0.411. The van der Waals surface area contributed by atoms with E-state index >= 15 is 0 Å². The van der Waals surface area contributed by atoms with Gasteiger partial charge in [-0.2, -0.15) is 0 Å². The zero-order valence-corrected chi connectivity index (χ0v) is 9.46. The molecule has 86 valence electrons. The smallest absolute Gasteiger partial charge is 0.256 e. The first-order chi connectivity index (χ1) is 7.61. The van der Waals surface area contributed by atoms with E-state index in [2.05, 4.69) is 5.32 Å². The molecule has 0 unspecified atom stereocenters. The molecule has 1 aromatic rings. The van der Waals surface area contributed by atoms with Crippen LogP contribution in [0.5, 0.6) is 0 Å². The van der Waals surface area contributed by atoms with E-state index < -0.39 is 5.82 Å². The van der Waals surface area contributed by atoms with Gasteiger partial charge < -0.3 is 10.2 Å². The van der Waals surface area contributed by atoms with Crippen molar-refractivity contribution in [3.05, 3.63) is 35.1 Å². The summed E-state index contributed by atoms with van der Waals surface area (Å²) in [5.74, 6) is -0.653. The average Bonchev–Trinajstić information content (AvgIpc) is 2.18. The Hall–Kier alpha value is -1.42. The number of rotatable bonds is 2. The van der Waals surface area contributed by atoms with E-state index in [4.69, 9.17) is 0 Å². The molecule has 1 N–H and O–H groups in total. The van der Waals surface area contributed by atoms with Crippen LogP contribution in [0.1, 0.15) is 15.9 Å². The van der Waals surface area contributed by atoms with Crippen molar-refractivity contribution < 1.29 is 9.18 Å². The van der Waals surface area contributed by atoms with Gasteiger partial charge in [0.25, 0.3) is 5.91 Å². The maximum absolute atomic E-state index is 13.7. The van der Waals surface area contributed by atoms with Crippen LogP contribution < -0.4 is 5.32 Å². The van der Waals surface area contributed by atoms with E-state index in [1.54, 1.807) is 31.0 Å². The van der Waals surface area contributed by atoms with Gasteiger partial charge in [0.1, 0.15) is 5.82 Å².